The van der Waals surface area contributed by atoms with Gasteiger partial charge in [0.15, 0.2) is 0 Å². The third-order valence-corrected chi connectivity index (χ3v) is 1.77. The summed E-state index contributed by atoms with van der Waals surface area (Å²) in [6.07, 6.45) is 1.70. The summed E-state index contributed by atoms with van der Waals surface area (Å²) in [4.78, 5) is 0. The normalized spacial score (nSPS) is 12.8. The molecule has 1 unspecified atom stereocenters. The maximum absolute atomic E-state index is 10.0. The van der Waals surface area contributed by atoms with Crippen LogP contribution in [0.5, 0.6) is 0 Å². The van der Waals surface area contributed by atoms with Crippen LogP contribution in [0.25, 0.3) is 0 Å². The van der Waals surface area contributed by atoms with Crippen molar-refractivity contribution in [3.8, 4) is 0 Å². The molecule has 0 rings (SSSR count). The van der Waals surface area contributed by atoms with E-state index in [9.17, 15) is 8.76 Å². The van der Waals surface area contributed by atoms with E-state index < -0.39 is 11.3 Å². The monoisotopic (exact) mass is 173 g/mol. The number of rotatable bonds is 4. The first-order chi connectivity index (χ1) is 4.20. The Morgan fingerprint density at radius 2 is 1.90 bits per heavy atom. The van der Waals surface area contributed by atoms with Crippen molar-refractivity contribution in [2.75, 3.05) is 0 Å². The van der Waals surface area contributed by atoms with Crippen LogP contribution in [0.4, 0.5) is 0 Å². The molecule has 0 aromatic carbocycles. The molecule has 3 nitrogen and oxygen atoms in total. The molecule has 0 aliphatic rings. The maximum Gasteiger partial charge on any atom is 0.0183 e. The molecule has 0 spiro atoms. The molecular weight excluding hydrogens is 161 g/mol. The van der Waals surface area contributed by atoms with Gasteiger partial charge in [-0.15, -0.1) is 0 Å². The zero-order valence-corrected chi connectivity index (χ0v) is 9.53. The Morgan fingerprint density at radius 1 is 1.50 bits per heavy atom. The number of nitrogens with one attached hydrogen (secondary N) is 1. The molecule has 0 amide bonds. The fourth-order valence-corrected chi connectivity index (χ4v) is 1.20. The van der Waals surface area contributed by atoms with Crippen LogP contribution >= 0.6 is 0 Å². The van der Waals surface area contributed by atoms with Crippen molar-refractivity contribution in [3.05, 3.63) is 0 Å². The van der Waals surface area contributed by atoms with Crippen LogP contribution < -0.4 is 4.72 Å². The Balaban J connectivity index is 0. The molecule has 0 fully saturated rings. The molecule has 5 heteroatoms. The van der Waals surface area contributed by atoms with Crippen LogP contribution in [0.15, 0.2) is 0 Å². The summed E-state index contributed by atoms with van der Waals surface area (Å²) in [6.45, 7) is 3.90. The first-order valence-electron chi connectivity index (χ1n) is 3.06. The van der Waals surface area contributed by atoms with Crippen molar-refractivity contribution in [1.82, 2.24) is 4.72 Å². The first kappa shape index (κ1) is 13.6. The number of hydrogen-bond donors (Lipinski definition) is 1. The van der Waals surface area contributed by atoms with Crippen LogP contribution in [-0.2, 0) is 11.3 Å². The van der Waals surface area contributed by atoms with E-state index in [4.69, 9.17) is 0 Å². The molecule has 0 saturated heterocycles. The average molecular weight is 173 g/mol. The van der Waals surface area contributed by atoms with Crippen molar-refractivity contribution in [1.29, 1.82) is 0 Å². The zero-order valence-electron chi connectivity index (χ0n) is 6.72. The Labute approximate surface area is 86.7 Å². The van der Waals surface area contributed by atoms with Crippen LogP contribution in [-0.4, -0.2) is 44.4 Å². The van der Waals surface area contributed by atoms with Crippen molar-refractivity contribution in [2.45, 2.75) is 32.7 Å². The van der Waals surface area contributed by atoms with Gasteiger partial charge < -0.3 is 4.55 Å². The smallest absolute Gasteiger partial charge is 0.0183 e. The summed E-state index contributed by atoms with van der Waals surface area (Å²) in [7, 11) is 0. The fourth-order valence-electron chi connectivity index (χ4n) is 0.591. The van der Waals surface area contributed by atoms with E-state index >= 15 is 0 Å². The zero-order chi connectivity index (χ0) is 7.28. The van der Waals surface area contributed by atoms with Crippen molar-refractivity contribution < 1.29 is 8.76 Å². The minimum Gasteiger partial charge on any atom is -0.760 e. The molecule has 0 aromatic rings. The predicted molar refractivity (Wildman–Crippen MR) is 42.2 cm³/mol. The fraction of sp³-hybridized carbons (Fsp3) is 1.00. The minimum atomic E-state index is -2.10. The molecule has 0 aliphatic heterocycles. The molecule has 10 heavy (non-hydrogen) atoms. The summed E-state index contributed by atoms with van der Waals surface area (Å²) in [5, 5.41) is 0. The molecule has 0 aromatic heterocycles. The molecule has 0 bridgehead atoms. The second-order valence-electron chi connectivity index (χ2n) is 1.87. The molecule has 0 saturated carbocycles. The summed E-state index contributed by atoms with van der Waals surface area (Å²) in [5.74, 6) is 0. The van der Waals surface area contributed by atoms with Gasteiger partial charge in [0.05, 0.1) is 0 Å². The molecule has 57 valence electrons. The third-order valence-electron chi connectivity index (χ3n) is 1.25. The van der Waals surface area contributed by atoms with Gasteiger partial charge in [-0.05, 0) is 12.8 Å². The summed E-state index contributed by atoms with van der Waals surface area (Å²) in [5.41, 5.74) is 0. The van der Waals surface area contributed by atoms with Crippen molar-refractivity contribution in [3.63, 3.8) is 0 Å². The van der Waals surface area contributed by atoms with E-state index in [2.05, 4.69) is 4.72 Å². The van der Waals surface area contributed by atoms with Gasteiger partial charge >= 0.3 is 0 Å². The van der Waals surface area contributed by atoms with Gasteiger partial charge in [-0.1, -0.05) is 13.8 Å². The Kier molecular flexibility index (Phi) is 11.1. The Hall–Kier alpha value is 1.07. The minimum absolute atomic E-state index is 0. The van der Waals surface area contributed by atoms with Crippen LogP contribution in [0.2, 0.25) is 0 Å². The van der Waals surface area contributed by atoms with Crippen LogP contribution in [0.1, 0.15) is 26.7 Å². The van der Waals surface area contributed by atoms with Gasteiger partial charge in [-0.3, -0.25) is 4.21 Å². The predicted octanol–water partition coefficient (Wildman–Crippen LogP) is 0.178. The van der Waals surface area contributed by atoms with Crippen molar-refractivity contribution >= 4 is 40.8 Å². The molecule has 1 atom stereocenters. The largest absolute Gasteiger partial charge is 0.760 e. The standard InChI is InChI=1S/C5H13NO2S.Na/c1-3-5(4-2)6-9(7)8;/h5-6H,3-4H2,1-2H3,(H,7,8);/p-1. The third kappa shape index (κ3) is 7.18. The summed E-state index contributed by atoms with van der Waals surface area (Å²) in [6, 6.07) is 0.114. The van der Waals surface area contributed by atoms with Gasteiger partial charge in [0.1, 0.15) is 0 Å². The summed E-state index contributed by atoms with van der Waals surface area (Å²) < 4.78 is 22.4. The van der Waals surface area contributed by atoms with E-state index in [0.717, 1.165) is 12.8 Å². The average Bonchev–Trinajstić information content (AvgIpc) is 1.82. The molecule has 0 heterocycles. The van der Waals surface area contributed by atoms with Gasteiger partial charge in [0.25, 0.3) is 0 Å². The van der Waals surface area contributed by atoms with Gasteiger partial charge in [0.2, 0.25) is 0 Å². The quantitative estimate of drug-likeness (QED) is 0.487. The molecule has 1 N–H and O–H groups in total. The van der Waals surface area contributed by atoms with E-state index in [1.807, 2.05) is 13.8 Å². The summed E-state index contributed by atoms with van der Waals surface area (Å²) >= 11 is -2.10. The SMILES string of the molecule is CCC(CC)NS(=O)[O-].[Na]. The topological polar surface area (TPSA) is 52.2 Å². The Morgan fingerprint density at radius 3 is 2.00 bits per heavy atom. The maximum atomic E-state index is 10.0. The van der Waals surface area contributed by atoms with Crippen molar-refractivity contribution in [2.24, 2.45) is 0 Å². The van der Waals surface area contributed by atoms with Gasteiger partial charge in [0, 0.05) is 46.9 Å². The van der Waals surface area contributed by atoms with E-state index in [0.29, 0.717) is 0 Å². The van der Waals surface area contributed by atoms with E-state index in [1.54, 1.807) is 0 Å². The molecule has 0 aliphatic carbocycles. The number of hydrogen-bond acceptors (Lipinski definition) is 2. The Bertz CT molecular complexity index is 97.6. The second-order valence-corrected chi connectivity index (χ2v) is 2.57. The van der Waals surface area contributed by atoms with E-state index in [-0.39, 0.29) is 35.6 Å². The molecule has 1 radical (unpaired) electrons. The first-order valence-corrected chi connectivity index (χ1v) is 4.13. The van der Waals surface area contributed by atoms with Crippen LogP contribution in [0, 0.1) is 0 Å². The van der Waals surface area contributed by atoms with E-state index in [1.165, 1.54) is 0 Å². The van der Waals surface area contributed by atoms with Gasteiger partial charge in [-0.2, -0.15) is 0 Å². The second kappa shape index (κ2) is 8.17. The van der Waals surface area contributed by atoms with Crippen LogP contribution in [0.3, 0.4) is 0 Å². The van der Waals surface area contributed by atoms with Gasteiger partial charge in [-0.25, -0.2) is 4.72 Å². The molecular formula is C5H12NNaO2S-.